The summed E-state index contributed by atoms with van der Waals surface area (Å²) >= 11 is 18.1. The number of alkyl halides is 3. The van der Waals surface area contributed by atoms with Gasteiger partial charge in [-0.2, -0.15) is 26.6 Å². The van der Waals surface area contributed by atoms with Gasteiger partial charge in [-0.3, -0.25) is 0 Å². The molecule has 0 atom stereocenters. The Morgan fingerprint density at radius 3 is 2.44 bits per heavy atom. The largest absolute Gasteiger partial charge is 0.534 e. The van der Waals surface area contributed by atoms with Crippen LogP contribution in [0.3, 0.4) is 0 Å². The fourth-order valence-electron chi connectivity index (χ4n) is 2.66. The lowest BCUT2D eigenvalue weighted by molar-refractivity contribution is -0.0500. The molecule has 15 heteroatoms. The van der Waals surface area contributed by atoms with Crippen LogP contribution in [0.15, 0.2) is 35.1 Å². The number of pyridine rings is 1. The summed E-state index contributed by atoms with van der Waals surface area (Å²) in [6, 6.07) is 3.58. The van der Waals surface area contributed by atoms with Crippen molar-refractivity contribution in [3.63, 3.8) is 0 Å². The third kappa shape index (κ3) is 4.10. The van der Waals surface area contributed by atoms with Gasteiger partial charge in [0.05, 0.1) is 15.1 Å². The molecular weight excluding hydrogens is 520 g/mol. The molecule has 0 aliphatic rings. The fraction of sp³-hybridized carbons (Fsp3) is 0.118. The third-order valence-electron chi connectivity index (χ3n) is 4.03. The number of nitrogens with zero attached hydrogens (tertiary/aromatic N) is 4. The van der Waals surface area contributed by atoms with Crippen LogP contribution in [0.4, 0.5) is 13.2 Å². The molecule has 4 rings (SSSR count). The molecule has 0 amide bonds. The number of aromatic nitrogens is 4. The van der Waals surface area contributed by atoms with Crippen molar-refractivity contribution in [2.75, 3.05) is 0 Å². The lowest BCUT2D eigenvalue weighted by atomic mass is 10.2. The molecule has 8 nitrogen and oxygen atoms in total. The molecule has 0 fully saturated rings. The van der Waals surface area contributed by atoms with Gasteiger partial charge in [-0.1, -0.05) is 40.0 Å². The minimum Gasteiger partial charge on any atom is -0.374 e. The summed E-state index contributed by atoms with van der Waals surface area (Å²) < 4.78 is 71.0. The molecule has 32 heavy (non-hydrogen) atoms. The van der Waals surface area contributed by atoms with Crippen LogP contribution >= 0.6 is 34.8 Å². The highest BCUT2D eigenvalue weighted by Crippen LogP contribution is 2.38. The Bertz CT molecular complexity index is 1470. The van der Waals surface area contributed by atoms with Gasteiger partial charge in [-0.05, 0) is 24.6 Å². The molecule has 3 aromatic heterocycles. The molecule has 0 unspecified atom stereocenters. The Hall–Kier alpha value is -2.54. The van der Waals surface area contributed by atoms with Crippen LogP contribution in [0.5, 0.6) is 5.75 Å². The van der Waals surface area contributed by atoms with Crippen LogP contribution in [-0.4, -0.2) is 33.5 Å². The van der Waals surface area contributed by atoms with Crippen LogP contribution in [0.25, 0.3) is 28.6 Å². The van der Waals surface area contributed by atoms with Gasteiger partial charge in [0, 0.05) is 24.0 Å². The van der Waals surface area contributed by atoms with Crippen LogP contribution in [-0.2, 0) is 10.1 Å². The lowest BCUT2D eigenvalue weighted by Crippen LogP contribution is -2.28. The van der Waals surface area contributed by atoms with Crippen molar-refractivity contribution in [3.8, 4) is 28.7 Å². The number of hydrogen-bond donors (Lipinski definition) is 0. The molecule has 0 saturated heterocycles. The first-order valence-corrected chi connectivity index (χ1v) is 10.9. The van der Waals surface area contributed by atoms with Gasteiger partial charge in [0.15, 0.2) is 11.4 Å². The van der Waals surface area contributed by atoms with Gasteiger partial charge in [-0.25, -0.2) is 4.98 Å². The number of benzene rings is 1. The normalized spacial score (nSPS) is 12.5. The summed E-state index contributed by atoms with van der Waals surface area (Å²) in [4.78, 5) is 8.50. The Morgan fingerprint density at radius 2 is 1.75 bits per heavy atom. The molecule has 0 N–H and O–H groups in total. The predicted octanol–water partition coefficient (Wildman–Crippen LogP) is 5.55. The molecule has 3 heterocycles. The summed E-state index contributed by atoms with van der Waals surface area (Å²) in [5, 5.41) is 3.47. The zero-order valence-electron chi connectivity index (χ0n) is 15.5. The Morgan fingerprint density at radius 1 is 1.03 bits per heavy atom. The highest BCUT2D eigenvalue weighted by Gasteiger charge is 2.48. The zero-order chi connectivity index (χ0) is 23.4. The molecule has 4 aromatic rings. The molecule has 0 bridgehead atoms. The van der Waals surface area contributed by atoms with Crippen LogP contribution < -0.4 is 4.18 Å². The first kappa shape index (κ1) is 22.6. The van der Waals surface area contributed by atoms with Crippen molar-refractivity contribution in [2.24, 2.45) is 0 Å². The molecular formula is C17H8Cl3F3N4O4S. The standard InChI is InChI=1S/C17H8Cl3F3N4O4S/c1-7-2-11(20)15-24-12(6-27(15)5-7)16-25-14(26-30-16)8-3-10(19)13(4-9(8)18)31-32(28,29)17(21,22)23/h2-6H,1H3. The Balaban J connectivity index is 1.69. The van der Waals surface area contributed by atoms with Gasteiger partial charge >= 0.3 is 15.6 Å². The van der Waals surface area contributed by atoms with Crippen LogP contribution in [0, 0.1) is 6.92 Å². The smallest absolute Gasteiger partial charge is 0.374 e. The van der Waals surface area contributed by atoms with E-state index in [4.69, 9.17) is 39.3 Å². The lowest BCUT2D eigenvalue weighted by Gasteiger charge is -2.11. The number of rotatable bonds is 4. The van der Waals surface area contributed by atoms with Crippen molar-refractivity contribution in [1.29, 1.82) is 0 Å². The predicted molar refractivity (Wildman–Crippen MR) is 109 cm³/mol. The first-order chi connectivity index (χ1) is 14.9. The molecule has 0 saturated carbocycles. The summed E-state index contributed by atoms with van der Waals surface area (Å²) in [7, 11) is -5.93. The molecule has 168 valence electrons. The molecule has 0 radical (unpaired) electrons. The quantitative estimate of drug-likeness (QED) is 0.253. The number of imidazole rings is 1. The molecule has 0 aliphatic carbocycles. The third-order valence-corrected chi connectivity index (χ3v) is 5.89. The molecule has 1 aromatic carbocycles. The van der Waals surface area contributed by atoms with E-state index in [1.807, 2.05) is 6.92 Å². The topological polar surface area (TPSA) is 99.6 Å². The van der Waals surface area contributed by atoms with Crippen molar-refractivity contribution < 1.29 is 30.3 Å². The van der Waals surface area contributed by atoms with Crippen molar-refractivity contribution >= 4 is 50.6 Å². The van der Waals surface area contributed by atoms with E-state index in [-0.39, 0.29) is 22.3 Å². The second-order valence-corrected chi connectivity index (χ2v) is 9.15. The van der Waals surface area contributed by atoms with E-state index in [9.17, 15) is 21.6 Å². The van der Waals surface area contributed by atoms with Crippen LogP contribution in [0.2, 0.25) is 15.1 Å². The highest BCUT2D eigenvalue weighted by molar-refractivity contribution is 7.88. The maximum atomic E-state index is 12.5. The fourth-order valence-corrected chi connectivity index (χ4v) is 3.93. The van der Waals surface area contributed by atoms with Gasteiger partial charge in [0.1, 0.15) is 5.69 Å². The van der Waals surface area contributed by atoms with Crippen molar-refractivity contribution in [1.82, 2.24) is 19.5 Å². The molecule has 0 spiro atoms. The van der Waals surface area contributed by atoms with Crippen molar-refractivity contribution in [3.05, 3.63) is 51.2 Å². The van der Waals surface area contributed by atoms with E-state index in [0.717, 1.165) is 17.7 Å². The maximum Gasteiger partial charge on any atom is 0.534 e. The van der Waals surface area contributed by atoms with Gasteiger partial charge < -0.3 is 13.1 Å². The van der Waals surface area contributed by atoms with Crippen molar-refractivity contribution in [2.45, 2.75) is 12.4 Å². The maximum absolute atomic E-state index is 12.5. The second-order valence-electron chi connectivity index (χ2n) is 6.39. The first-order valence-electron chi connectivity index (χ1n) is 8.35. The van der Waals surface area contributed by atoms with E-state index >= 15 is 0 Å². The minimum absolute atomic E-state index is 0.00424. The summed E-state index contributed by atoms with van der Waals surface area (Å²) in [5.74, 6) is -0.882. The zero-order valence-corrected chi connectivity index (χ0v) is 18.6. The van der Waals surface area contributed by atoms with Crippen LogP contribution in [0.1, 0.15) is 5.56 Å². The van der Waals surface area contributed by atoms with E-state index < -0.39 is 26.4 Å². The molecule has 0 aliphatic heterocycles. The average Bonchev–Trinajstić information content (AvgIpc) is 3.30. The number of aryl methyl sites for hydroxylation is 1. The van der Waals surface area contributed by atoms with Gasteiger partial charge in [0.25, 0.3) is 5.89 Å². The van der Waals surface area contributed by atoms with E-state index in [0.29, 0.717) is 16.4 Å². The SMILES string of the molecule is Cc1cc(Cl)c2nc(-c3nc(-c4cc(Cl)c(OS(=O)(=O)C(F)(F)F)cc4Cl)no3)cn2c1. The minimum atomic E-state index is -5.93. The monoisotopic (exact) mass is 526 g/mol. The number of halogens is 6. The van der Waals surface area contributed by atoms with E-state index in [1.54, 1.807) is 22.9 Å². The summed E-state index contributed by atoms with van der Waals surface area (Å²) in [5.41, 5.74) is -3.93. The van der Waals surface area contributed by atoms with E-state index in [1.165, 1.54) is 0 Å². The number of hydrogen-bond acceptors (Lipinski definition) is 7. The number of fused-ring (bicyclic) bond motifs is 1. The van der Waals surface area contributed by atoms with Gasteiger partial charge in [0.2, 0.25) is 5.82 Å². The Labute approximate surface area is 192 Å². The average molecular weight is 528 g/mol. The highest BCUT2D eigenvalue weighted by atomic mass is 35.5. The second kappa shape index (κ2) is 7.80. The summed E-state index contributed by atoms with van der Waals surface area (Å²) in [6.45, 7) is 1.86. The Kier molecular flexibility index (Phi) is 5.52. The summed E-state index contributed by atoms with van der Waals surface area (Å²) in [6.07, 6.45) is 3.40. The van der Waals surface area contributed by atoms with E-state index in [2.05, 4.69) is 19.3 Å². The van der Waals surface area contributed by atoms with Gasteiger partial charge in [-0.15, -0.1) is 0 Å².